The number of rotatable bonds is 4. The molecule has 1 aromatic carbocycles. The Morgan fingerprint density at radius 1 is 1.30 bits per heavy atom. The van der Waals surface area contributed by atoms with E-state index in [2.05, 4.69) is 46.5 Å². The van der Waals surface area contributed by atoms with Gasteiger partial charge in [0.05, 0.1) is 16.9 Å². The molecule has 1 fully saturated rings. The summed E-state index contributed by atoms with van der Waals surface area (Å²) in [7, 11) is 0. The van der Waals surface area contributed by atoms with Crippen LogP contribution < -0.4 is 0 Å². The van der Waals surface area contributed by atoms with Gasteiger partial charge in [-0.25, -0.2) is 4.98 Å². The third kappa shape index (κ3) is 2.57. The lowest BCUT2D eigenvalue weighted by molar-refractivity contribution is 0.236. The first-order chi connectivity index (χ1) is 9.69. The average Bonchev–Trinajstić information content (AvgIpc) is 3.06. The van der Waals surface area contributed by atoms with Crippen molar-refractivity contribution in [1.82, 2.24) is 14.5 Å². The van der Waals surface area contributed by atoms with Crippen LogP contribution in [0.1, 0.15) is 31.2 Å². The molecule has 0 amide bonds. The number of hydrogen-bond acceptors (Lipinski definition) is 2. The maximum atomic E-state index is 6.09. The summed E-state index contributed by atoms with van der Waals surface area (Å²) in [5, 5.41) is 0. The molecule has 1 unspecified atom stereocenters. The van der Waals surface area contributed by atoms with E-state index in [1.165, 1.54) is 37.0 Å². The monoisotopic (exact) mass is 291 g/mol. The fourth-order valence-electron chi connectivity index (χ4n) is 3.16. The summed E-state index contributed by atoms with van der Waals surface area (Å²) in [6.45, 7) is 7.84. The van der Waals surface area contributed by atoms with E-state index in [9.17, 15) is 0 Å². The number of aryl methyl sites for hydroxylation is 1. The lowest BCUT2D eigenvalue weighted by Crippen LogP contribution is -2.34. The van der Waals surface area contributed by atoms with Gasteiger partial charge in [0.1, 0.15) is 5.82 Å². The first kappa shape index (κ1) is 13.9. The standard InChI is InChI=1S/C16H22ClN3/c1-12-5-6-15-14(9-12)18-16(10-17)20(15)11-13(2)19-7-3-4-8-19/h5-6,9,13H,3-4,7-8,10-11H2,1-2H3. The molecule has 2 heterocycles. The van der Waals surface area contributed by atoms with Gasteiger partial charge in [0.2, 0.25) is 0 Å². The molecule has 108 valence electrons. The molecule has 0 saturated carbocycles. The van der Waals surface area contributed by atoms with E-state index in [1.54, 1.807) is 0 Å². The molecule has 1 atom stereocenters. The fraction of sp³-hybridized carbons (Fsp3) is 0.562. The van der Waals surface area contributed by atoms with E-state index in [-0.39, 0.29) is 0 Å². The number of aromatic nitrogens is 2. The predicted molar refractivity (Wildman–Crippen MR) is 84.3 cm³/mol. The zero-order valence-electron chi connectivity index (χ0n) is 12.3. The number of hydrogen-bond donors (Lipinski definition) is 0. The minimum absolute atomic E-state index is 0.473. The Bertz CT molecular complexity index is 599. The molecule has 2 aromatic rings. The highest BCUT2D eigenvalue weighted by molar-refractivity contribution is 6.16. The normalized spacial score (nSPS) is 17.9. The van der Waals surface area contributed by atoms with Gasteiger partial charge in [-0.1, -0.05) is 6.07 Å². The number of benzene rings is 1. The number of fused-ring (bicyclic) bond motifs is 1. The molecule has 0 aliphatic carbocycles. The van der Waals surface area contributed by atoms with Crippen molar-refractivity contribution in [2.75, 3.05) is 13.1 Å². The SMILES string of the molecule is Cc1ccc2c(c1)nc(CCl)n2CC(C)N1CCCC1. The van der Waals surface area contributed by atoms with Crippen molar-refractivity contribution in [3.8, 4) is 0 Å². The Morgan fingerprint density at radius 3 is 2.75 bits per heavy atom. The topological polar surface area (TPSA) is 21.1 Å². The van der Waals surface area contributed by atoms with Crippen LogP contribution in [0.15, 0.2) is 18.2 Å². The van der Waals surface area contributed by atoms with Crippen LogP contribution in [0.5, 0.6) is 0 Å². The molecule has 0 N–H and O–H groups in total. The maximum Gasteiger partial charge on any atom is 0.124 e. The average molecular weight is 292 g/mol. The van der Waals surface area contributed by atoms with Gasteiger partial charge in [0.15, 0.2) is 0 Å². The van der Waals surface area contributed by atoms with Crippen molar-refractivity contribution in [3.05, 3.63) is 29.6 Å². The highest BCUT2D eigenvalue weighted by Gasteiger charge is 2.20. The Kier molecular flexibility index (Phi) is 3.99. The van der Waals surface area contributed by atoms with Crippen molar-refractivity contribution in [3.63, 3.8) is 0 Å². The first-order valence-corrected chi connectivity index (χ1v) is 7.98. The minimum atomic E-state index is 0.473. The second-order valence-electron chi connectivity index (χ2n) is 5.86. The second-order valence-corrected chi connectivity index (χ2v) is 6.12. The molecule has 3 rings (SSSR count). The lowest BCUT2D eigenvalue weighted by Gasteiger charge is -2.25. The van der Waals surface area contributed by atoms with Crippen molar-refractivity contribution >= 4 is 22.6 Å². The third-order valence-electron chi connectivity index (χ3n) is 4.31. The van der Waals surface area contributed by atoms with Crippen LogP contribution in [0, 0.1) is 6.92 Å². The van der Waals surface area contributed by atoms with Crippen molar-refractivity contribution in [1.29, 1.82) is 0 Å². The summed E-state index contributed by atoms with van der Waals surface area (Å²) in [6, 6.07) is 7.00. The van der Waals surface area contributed by atoms with Crippen LogP contribution in [0.25, 0.3) is 11.0 Å². The molecule has 1 saturated heterocycles. The smallest absolute Gasteiger partial charge is 0.124 e. The lowest BCUT2D eigenvalue weighted by atomic mass is 10.2. The number of alkyl halides is 1. The quantitative estimate of drug-likeness (QED) is 0.803. The zero-order valence-corrected chi connectivity index (χ0v) is 13.0. The number of imidazole rings is 1. The van der Waals surface area contributed by atoms with Gasteiger partial charge in [-0.05, 0) is 57.5 Å². The van der Waals surface area contributed by atoms with Crippen LogP contribution in [-0.2, 0) is 12.4 Å². The molecule has 1 aliphatic heterocycles. The van der Waals surface area contributed by atoms with E-state index in [1.807, 2.05) is 0 Å². The second kappa shape index (κ2) is 5.74. The van der Waals surface area contributed by atoms with Gasteiger partial charge >= 0.3 is 0 Å². The van der Waals surface area contributed by atoms with Crippen LogP contribution in [-0.4, -0.2) is 33.6 Å². The highest BCUT2D eigenvalue weighted by atomic mass is 35.5. The van der Waals surface area contributed by atoms with Crippen LogP contribution >= 0.6 is 11.6 Å². The summed E-state index contributed by atoms with van der Waals surface area (Å²) >= 11 is 6.09. The predicted octanol–water partition coefficient (Wildman–Crippen LogP) is 3.57. The first-order valence-electron chi connectivity index (χ1n) is 7.45. The molecule has 4 heteroatoms. The molecular formula is C16H22ClN3. The van der Waals surface area contributed by atoms with E-state index in [0.717, 1.165) is 17.9 Å². The van der Waals surface area contributed by atoms with Crippen LogP contribution in [0.4, 0.5) is 0 Å². The minimum Gasteiger partial charge on any atom is -0.325 e. The van der Waals surface area contributed by atoms with Gasteiger partial charge in [-0.2, -0.15) is 0 Å². The highest BCUT2D eigenvalue weighted by Crippen LogP contribution is 2.21. The van der Waals surface area contributed by atoms with Gasteiger partial charge < -0.3 is 4.57 Å². The summed E-state index contributed by atoms with van der Waals surface area (Å²) < 4.78 is 2.30. The Hall–Kier alpha value is -1.06. The van der Waals surface area contributed by atoms with Crippen molar-refractivity contribution in [2.24, 2.45) is 0 Å². The van der Waals surface area contributed by atoms with Gasteiger partial charge in [0.25, 0.3) is 0 Å². The number of nitrogens with zero attached hydrogens (tertiary/aromatic N) is 3. The van der Waals surface area contributed by atoms with E-state index >= 15 is 0 Å². The molecular weight excluding hydrogens is 270 g/mol. The summed E-state index contributed by atoms with van der Waals surface area (Å²) in [5.41, 5.74) is 3.52. The maximum absolute atomic E-state index is 6.09. The molecule has 20 heavy (non-hydrogen) atoms. The fourth-order valence-corrected chi connectivity index (χ4v) is 3.36. The molecule has 3 nitrogen and oxygen atoms in total. The van der Waals surface area contributed by atoms with Gasteiger partial charge in [-0.15, -0.1) is 11.6 Å². The van der Waals surface area contributed by atoms with E-state index in [0.29, 0.717) is 11.9 Å². The number of halogens is 1. The zero-order chi connectivity index (χ0) is 14.1. The van der Waals surface area contributed by atoms with E-state index in [4.69, 9.17) is 11.6 Å². The van der Waals surface area contributed by atoms with Gasteiger partial charge in [0, 0.05) is 12.6 Å². The summed E-state index contributed by atoms with van der Waals surface area (Å²) in [4.78, 5) is 7.25. The third-order valence-corrected chi connectivity index (χ3v) is 4.55. The molecule has 1 aromatic heterocycles. The largest absolute Gasteiger partial charge is 0.325 e. The summed E-state index contributed by atoms with van der Waals surface area (Å²) in [5.74, 6) is 1.46. The molecule has 0 radical (unpaired) electrons. The Morgan fingerprint density at radius 2 is 2.05 bits per heavy atom. The number of likely N-dealkylation sites (tertiary alicyclic amines) is 1. The van der Waals surface area contributed by atoms with Crippen LogP contribution in [0.3, 0.4) is 0 Å². The Balaban J connectivity index is 1.92. The van der Waals surface area contributed by atoms with Crippen molar-refractivity contribution < 1.29 is 0 Å². The molecule has 0 bridgehead atoms. The molecule has 0 spiro atoms. The van der Waals surface area contributed by atoms with Gasteiger partial charge in [-0.3, -0.25) is 4.90 Å². The Labute approximate surface area is 125 Å². The molecule has 1 aliphatic rings. The summed E-state index contributed by atoms with van der Waals surface area (Å²) in [6.07, 6.45) is 2.66. The van der Waals surface area contributed by atoms with E-state index < -0.39 is 0 Å². The van der Waals surface area contributed by atoms with Crippen molar-refractivity contribution in [2.45, 2.75) is 45.2 Å². The van der Waals surface area contributed by atoms with Crippen LogP contribution in [0.2, 0.25) is 0 Å².